The Morgan fingerprint density at radius 1 is 1.43 bits per heavy atom. The molecule has 0 aliphatic rings. The van der Waals surface area contributed by atoms with Gasteiger partial charge < -0.3 is 30.3 Å². The van der Waals surface area contributed by atoms with Crippen molar-refractivity contribution in [3.63, 3.8) is 0 Å². The zero-order valence-electron chi connectivity index (χ0n) is 9.50. The molecule has 0 spiro atoms. The predicted octanol–water partition coefficient (Wildman–Crippen LogP) is -2.60. The standard InChI is InChI=1S/C8H16O6/c1-7(13,4-10)8(2,14)6(12)5(11)3-9/h4-6,9,11-14H,3H2,1-2H3/t5-,6-,7+,8+/m1/s1/i1D,2D. The van der Waals surface area contributed by atoms with Crippen molar-refractivity contribution in [2.24, 2.45) is 0 Å². The van der Waals surface area contributed by atoms with E-state index in [1.807, 2.05) is 0 Å². The summed E-state index contributed by atoms with van der Waals surface area (Å²) in [5, 5.41) is 46.5. The van der Waals surface area contributed by atoms with Gasteiger partial charge in [0, 0.05) is 2.74 Å². The second-order valence-corrected chi connectivity index (χ2v) is 3.16. The van der Waals surface area contributed by atoms with Crippen molar-refractivity contribution >= 4 is 6.29 Å². The van der Waals surface area contributed by atoms with Gasteiger partial charge in [0.15, 0.2) is 6.29 Å². The highest BCUT2D eigenvalue weighted by Gasteiger charge is 2.49. The third kappa shape index (κ3) is 2.28. The second kappa shape index (κ2) is 4.33. The largest absolute Gasteiger partial charge is 0.394 e. The SMILES string of the molecule is [2H]C[C@](O)(C=O)[C@](O)(C[2H])[C@H](O)[C@H](O)CO. The Kier molecular flexibility index (Phi) is 3.09. The molecular formula is C8H16O6. The van der Waals surface area contributed by atoms with Crippen LogP contribution in [0.5, 0.6) is 0 Å². The van der Waals surface area contributed by atoms with Crippen LogP contribution in [0, 0.1) is 0 Å². The van der Waals surface area contributed by atoms with Gasteiger partial charge in [-0.15, -0.1) is 0 Å². The Balaban J connectivity index is 5.25. The molecule has 84 valence electrons. The van der Waals surface area contributed by atoms with E-state index in [4.69, 9.17) is 13.0 Å². The lowest BCUT2D eigenvalue weighted by Crippen LogP contribution is -2.62. The third-order valence-electron chi connectivity index (χ3n) is 1.99. The van der Waals surface area contributed by atoms with E-state index in [2.05, 4.69) is 0 Å². The molecule has 0 aliphatic carbocycles. The van der Waals surface area contributed by atoms with Gasteiger partial charge in [-0.05, 0) is 13.8 Å². The minimum Gasteiger partial charge on any atom is -0.394 e. The maximum Gasteiger partial charge on any atom is 0.154 e. The first-order valence-corrected chi connectivity index (χ1v) is 3.79. The van der Waals surface area contributed by atoms with Crippen molar-refractivity contribution in [2.75, 3.05) is 6.61 Å². The van der Waals surface area contributed by atoms with Crippen molar-refractivity contribution in [2.45, 2.75) is 37.2 Å². The maximum atomic E-state index is 10.6. The third-order valence-corrected chi connectivity index (χ3v) is 1.99. The van der Waals surface area contributed by atoms with Gasteiger partial charge in [0.05, 0.1) is 6.61 Å². The summed E-state index contributed by atoms with van der Waals surface area (Å²) in [6, 6.07) is 0. The molecule has 0 radical (unpaired) electrons. The Hall–Kier alpha value is -0.530. The van der Waals surface area contributed by atoms with E-state index in [1.54, 1.807) is 0 Å². The average Bonchev–Trinajstić information content (AvgIpc) is 2.34. The van der Waals surface area contributed by atoms with Crippen molar-refractivity contribution < 1.29 is 33.1 Å². The fourth-order valence-electron chi connectivity index (χ4n) is 0.776. The normalized spacial score (nSPS) is 26.4. The topological polar surface area (TPSA) is 118 Å². The van der Waals surface area contributed by atoms with Crippen LogP contribution in [-0.4, -0.2) is 61.8 Å². The number of aliphatic hydroxyl groups is 5. The van der Waals surface area contributed by atoms with E-state index < -0.39 is 43.8 Å². The molecule has 0 heterocycles. The molecule has 14 heavy (non-hydrogen) atoms. The summed E-state index contributed by atoms with van der Waals surface area (Å²) < 4.78 is 13.9. The highest BCUT2D eigenvalue weighted by atomic mass is 16.4. The number of hydrogen-bond acceptors (Lipinski definition) is 6. The molecule has 0 amide bonds. The number of aliphatic hydroxyl groups excluding tert-OH is 3. The van der Waals surface area contributed by atoms with Gasteiger partial charge in [0.25, 0.3) is 0 Å². The highest BCUT2D eigenvalue weighted by Crippen LogP contribution is 2.25. The molecule has 0 aromatic rings. The van der Waals surface area contributed by atoms with E-state index in [1.165, 1.54) is 0 Å². The van der Waals surface area contributed by atoms with Crippen LogP contribution in [0.2, 0.25) is 0 Å². The molecule has 6 nitrogen and oxygen atoms in total. The minimum absolute atomic E-state index is 0.165. The minimum atomic E-state index is -2.71. The first-order chi connectivity index (χ1) is 7.32. The van der Waals surface area contributed by atoms with Gasteiger partial charge in [0.2, 0.25) is 0 Å². The van der Waals surface area contributed by atoms with Crippen LogP contribution in [0.3, 0.4) is 0 Å². The fourth-order valence-corrected chi connectivity index (χ4v) is 0.776. The fraction of sp³-hybridized carbons (Fsp3) is 0.875. The van der Waals surface area contributed by atoms with Gasteiger partial charge in [0.1, 0.15) is 23.4 Å². The number of aldehydes is 1. The molecule has 0 unspecified atom stereocenters. The predicted molar refractivity (Wildman–Crippen MR) is 46.4 cm³/mol. The summed E-state index contributed by atoms with van der Waals surface area (Å²) >= 11 is 0. The summed E-state index contributed by atoms with van der Waals surface area (Å²) in [5.74, 6) is 0. The molecule has 0 bridgehead atoms. The summed E-state index contributed by atoms with van der Waals surface area (Å²) in [5.41, 5.74) is -5.39. The van der Waals surface area contributed by atoms with Crippen LogP contribution in [0.25, 0.3) is 0 Å². The first-order valence-electron chi connectivity index (χ1n) is 5.21. The lowest BCUT2D eigenvalue weighted by molar-refractivity contribution is -0.204. The van der Waals surface area contributed by atoms with Crippen LogP contribution in [-0.2, 0) is 4.79 Å². The van der Waals surface area contributed by atoms with Crippen LogP contribution in [0.15, 0.2) is 0 Å². The zero-order chi connectivity index (χ0) is 13.0. The Morgan fingerprint density at radius 2 is 2.00 bits per heavy atom. The summed E-state index contributed by atoms with van der Waals surface area (Å²) in [6.07, 6.45) is -4.11. The van der Waals surface area contributed by atoms with Gasteiger partial charge in [-0.2, -0.15) is 0 Å². The molecule has 0 rings (SSSR count). The van der Waals surface area contributed by atoms with E-state index in [-0.39, 0.29) is 6.29 Å². The van der Waals surface area contributed by atoms with Gasteiger partial charge in [-0.1, -0.05) is 0 Å². The van der Waals surface area contributed by atoms with Gasteiger partial charge in [-0.3, -0.25) is 0 Å². The van der Waals surface area contributed by atoms with E-state index >= 15 is 0 Å². The van der Waals surface area contributed by atoms with Crippen molar-refractivity contribution in [1.29, 1.82) is 0 Å². The number of carbonyl (C=O) groups is 1. The molecular weight excluding hydrogens is 192 g/mol. The van der Waals surface area contributed by atoms with Crippen LogP contribution in [0.1, 0.15) is 16.5 Å². The molecule has 0 aliphatic heterocycles. The van der Waals surface area contributed by atoms with Crippen molar-refractivity contribution in [1.82, 2.24) is 0 Å². The number of carbonyl (C=O) groups excluding carboxylic acids is 1. The Labute approximate surface area is 84.2 Å². The Morgan fingerprint density at radius 3 is 2.29 bits per heavy atom. The molecule has 0 fully saturated rings. The first kappa shape index (κ1) is 10.0. The van der Waals surface area contributed by atoms with Gasteiger partial charge >= 0.3 is 0 Å². The van der Waals surface area contributed by atoms with Crippen LogP contribution in [0.4, 0.5) is 0 Å². The molecule has 5 N–H and O–H groups in total. The molecule has 4 atom stereocenters. The van der Waals surface area contributed by atoms with Crippen LogP contribution < -0.4 is 0 Å². The molecule has 0 aromatic heterocycles. The monoisotopic (exact) mass is 210 g/mol. The smallest absolute Gasteiger partial charge is 0.154 e. The average molecular weight is 210 g/mol. The Bertz CT molecular complexity index is 241. The summed E-state index contributed by atoms with van der Waals surface area (Å²) in [4.78, 5) is 10.6. The number of rotatable bonds is 5. The van der Waals surface area contributed by atoms with E-state index in [9.17, 15) is 20.1 Å². The number of hydrogen-bond donors (Lipinski definition) is 5. The van der Waals surface area contributed by atoms with Crippen LogP contribution >= 0.6 is 0 Å². The molecule has 6 heteroatoms. The summed E-state index contributed by atoms with van der Waals surface area (Å²) in [6.45, 7) is -2.92. The zero-order valence-corrected chi connectivity index (χ0v) is 7.50. The van der Waals surface area contributed by atoms with Crippen molar-refractivity contribution in [3.05, 3.63) is 0 Å². The molecule has 0 aromatic carbocycles. The highest BCUT2D eigenvalue weighted by molar-refractivity contribution is 5.64. The maximum absolute atomic E-state index is 10.6. The lowest BCUT2D eigenvalue weighted by Gasteiger charge is -2.39. The second-order valence-electron chi connectivity index (χ2n) is 3.16. The lowest BCUT2D eigenvalue weighted by atomic mass is 9.80. The van der Waals surface area contributed by atoms with E-state index in [0.717, 1.165) is 0 Å². The molecule has 0 saturated carbocycles. The van der Waals surface area contributed by atoms with Crippen molar-refractivity contribution in [3.8, 4) is 0 Å². The summed E-state index contributed by atoms with van der Waals surface area (Å²) in [7, 11) is 0. The van der Waals surface area contributed by atoms with Gasteiger partial charge in [-0.25, -0.2) is 0 Å². The quantitative estimate of drug-likeness (QED) is 0.318. The van der Waals surface area contributed by atoms with E-state index in [0.29, 0.717) is 0 Å². The molecule has 0 saturated heterocycles.